The van der Waals surface area contributed by atoms with Crippen molar-refractivity contribution in [3.8, 4) is 11.8 Å². The number of rotatable bonds is 13. The van der Waals surface area contributed by atoms with Crippen molar-refractivity contribution < 1.29 is 28.7 Å². The van der Waals surface area contributed by atoms with Crippen LogP contribution >= 0.6 is 0 Å². The first-order chi connectivity index (χ1) is 15.5. The van der Waals surface area contributed by atoms with E-state index >= 15 is 0 Å². The van der Waals surface area contributed by atoms with Gasteiger partial charge in [0.15, 0.2) is 0 Å². The quantitative estimate of drug-likeness (QED) is 0.168. The SMILES string of the molecule is NCC(=O)NCC(=O)NCC(=O)NCCOCCNC(=O)OCC1[C@H]2CCC#CCC[C@@H]12. The Hall–Kier alpha value is -2.84. The molecule has 2 rings (SSSR count). The number of amides is 4. The molecule has 0 heterocycles. The van der Waals surface area contributed by atoms with Crippen molar-refractivity contribution in [3.63, 3.8) is 0 Å². The first-order valence-corrected chi connectivity index (χ1v) is 11.0. The summed E-state index contributed by atoms with van der Waals surface area (Å²) in [6, 6.07) is 0. The first-order valence-electron chi connectivity index (χ1n) is 11.0. The van der Waals surface area contributed by atoms with Crippen molar-refractivity contribution in [2.75, 3.05) is 52.5 Å². The zero-order chi connectivity index (χ0) is 23.2. The van der Waals surface area contributed by atoms with E-state index in [-0.39, 0.29) is 45.3 Å². The van der Waals surface area contributed by atoms with E-state index in [0.717, 1.165) is 25.7 Å². The Kier molecular flexibility index (Phi) is 11.3. The molecule has 6 N–H and O–H groups in total. The standard InChI is InChI=1S/C21H33N5O6/c22-11-18(27)25-13-20(29)26-12-19(28)23-7-9-31-10-8-24-21(30)32-14-17-15-5-3-1-2-4-6-16(15)17/h15-17H,3-14,22H2,(H,23,28)(H,24,30)(H,25,27)(H,26,29)/t15-,16+,17?. The molecule has 0 aromatic rings. The highest BCUT2D eigenvalue weighted by atomic mass is 16.5. The van der Waals surface area contributed by atoms with Crippen LogP contribution in [0, 0.1) is 29.6 Å². The highest BCUT2D eigenvalue weighted by molar-refractivity contribution is 5.88. The summed E-state index contributed by atoms with van der Waals surface area (Å²) in [5, 5.41) is 9.89. The normalized spacial score (nSPS) is 20.8. The second-order valence-corrected chi connectivity index (χ2v) is 7.67. The van der Waals surface area contributed by atoms with Gasteiger partial charge in [-0.15, -0.1) is 11.8 Å². The molecule has 0 spiro atoms. The van der Waals surface area contributed by atoms with Gasteiger partial charge in [0.25, 0.3) is 0 Å². The number of nitrogens with one attached hydrogen (secondary N) is 4. The van der Waals surface area contributed by atoms with Gasteiger partial charge in [-0.1, -0.05) is 0 Å². The zero-order valence-electron chi connectivity index (χ0n) is 18.2. The predicted octanol–water partition coefficient (Wildman–Crippen LogP) is -1.52. The Morgan fingerprint density at radius 3 is 2.00 bits per heavy atom. The average molecular weight is 452 g/mol. The molecule has 0 bridgehead atoms. The molecule has 0 aromatic carbocycles. The van der Waals surface area contributed by atoms with Crippen LogP contribution < -0.4 is 27.0 Å². The van der Waals surface area contributed by atoms with E-state index in [1.165, 1.54) is 0 Å². The van der Waals surface area contributed by atoms with Gasteiger partial charge in [-0.2, -0.15) is 0 Å². The van der Waals surface area contributed by atoms with Gasteiger partial charge in [0.2, 0.25) is 17.7 Å². The Morgan fingerprint density at radius 2 is 1.38 bits per heavy atom. The Morgan fingerprint density at radius 1 is 0.812 bits per heavy atom. The average Bonchev–Trinajstić information content (AvgIpc) is 3.42. The van der Waals surface area contributed by atoms with E-state index in [0.29, 0.717) is 30.9 Å². The van der Waals surface area contributed by atoms with Crippen LogP contribution in [0.25, 0.3) is 0 Å². The number of hydrogen-bond donors (Lipinski definition) is 5. The van der Waals surface area contributed by atoms with Crippen LogP contribution in [0.1, 0.15) is 25.7 Å². The first kappa shape index (κ1) is 25.4. The number of carbonyl (C=O) groups is 4. The monoisotopic (exact) mass is 451 g/mol. The molecular weight excluding hydrogens is 418 g/mol. The Balaban J connectivity index is 1.39. The van der Waals surface area contributed by atoms with Gasteiger partial charge in [0, 0.05) is 25.9 Å². The molecule has 32 heavy (non-hydrogen) atoms. The minimum atomic E-state index is -0.489. The minimum absolute atomic E-state index is 0.206. The van der Waals surface area contributed by atoms with Crippen LogP contribution in [0.15, 0.2) is 0 Å². The molecule has 2 aliphatic carbocycles. The third kappa shape index (κ3) is 9.98. The molecule has 0 radical (unpaired) electrons. The number of ether oxygens (including phenoxy) is 2. The molecule has 0 aromatic heterocycles. The second-order valence-electron chi connectivity index (χ2n) is 7.67. The van der Waals surface area contributed by atoms with Crippen LogP contribution in [0.5, 0.6) is 0 Å². The van der Waals surface area contributed by atoms with Gasteiger partial charge in [-0.3, -0.25) is 14.4 Å². The lowest BCUT2D eigenvalue weighted by molar-refractivity contribution is -0.127. The van der Waals surface area contributed by atoms with Gasteiger partial charge < -0.3 is 36.5 Å². The van der Waals surface area contributed by atoms with Crippen molar-refractivity contribution in [1.29, 1.82) is 0 Å². The summed E-state index contributed by atoms with van der Waals surface area (Å²) < 4.78 is 10.6. The number of fused-ring (bicyclic) bond motifs is 1. The zero-order valence-corrected chi connectivity index (χ0v) is 18.2. The summed E-state index contributed by atoms with van der Waals surface area (Å²) in [6.45, 7) is 0.913. The molecule has 1 fully saturated rings. The van der Waals surface area contributed by atoms with E-state index in [9.17, 15) is 19.2 Å². The molecule has 1 saturated carbocycles. The van der Waals surface area contributed by atoms with Crippen LogP contribution in [0.3, 0.4) is 0 Å². The maximum Gasteiger partial charge on any atom is 0.407 e. The number of nitrogens with two attached hydrogens (primary N) is 1. The lowest BCUT2D eigenvalue weighted by Crippen LogP contribution is -2.43. The van der Waals surface area contributed by atoms with Crippen molar-refractivity contribution in [1.82, 2.24) is 21.3 Å². The summed E-state index contributed by atoms with van der Waals surface area (Å²) in [5.41, 5.74) is 5.10. The fraction of sp³-hybridized carbons (Fsp3) is 0.714. The van der Waals surface area contributed by atoms with Gasteiger partial charge in [-0.25, -0.2) is 4.79 Å². The summed E-state index contributed by atoms with van der Waals surface area (Å²) in [7, 11) is 0. The fourth-order valence-corrected chi connectivity index (χ4v) is 3.65. The highest BCUT2D eigenvalue weighted by Gasteiger charge is 2.49. The van der Waals surface area contributed by atoms with E-state index in [2.05, 4.69) is 33.1 Å². The van der Waals surface area contributed by atoms with Crippen LogP contribution in [-0.2, 0) is 23.9 Å². The number of carbonyl (C=O) groups excluding carboxylic acids is 4. The van der Waals surface area contributed by atoms with Gasteiger partial charge >= 0.3 is 6.09 Å². The van der Waals surface area contributed by atoms with Gasteiger partial charge in [-0.05, 0) is 30.6 Å². The molecule has 178 valence electrons. The lowest BCUT2D eigenvalue weighted by atomic mass is 10.1. The molecule has 4 amide bonds. The van der Waals surface area contributed by atoms with Crippen molar-refractivity contribution in [2.45, 2.75) is 25.7 Å². The number of alkyl carbamates (subject to hydrolysis) is 1. The summed E-state index contributed by atoms with van der Waals surface area (Å²) in [6.07, 6.45) is 3.61. The van der Waals surface area contributed by atoms with E-state index in [1.807, 2.05) is 0 Å². The van der Waals surface area contributed by atoms with Crippen molar-refractivity contribution >= 4 is 23.8 Å². The molecule has 0 aliphatic heterocycles. The topological polar surface area (TPSA) is 161 Å². The maximum atomic E-state index is 11.8. The molecule has 2 aliphatic rings. The van der Waals surface area contributed by atoms with Crippen LogP contribution in [0.2, 0.25) is 0 Å². The van der Waals surface area contributed by atoms with Crippen LogP contribution in [-0.4, -0.2) is 76.4 Å². The largest absolute Gasteiger partial charge is 0.449 e. The number of hydrogen-bond acceptors (Lipinski definition) is 7. The molecule has 3 atom stereocenters. The van der Waals surface area contributed by atoms with Gasteiger partial charge in [0.1, 0.15) is 0 Å². The fourth-order valence-electron chi connectivity index (χ4n) is 3.65. The van der Waals surface area contributed by atoms with Gasteiger partial charge in [0.05, 0.1) is 39.5 Å². The van der Waals surface area contributed by atoms with Crippen molar-refractivity contribution in [3.05, 3.63) is 0 Å². The molecule has 1 unspecified atom stereocenters. The smallest absolute Gasteiger partial charge is 0.407 e. The third-order valence-electron chi connectivity index (χ3n) is 5.41. The Bertz CT molecular complexity index is 701. The minimum Gasteiger partial charge on any atom is -0.449 e. The second kappa shape index (κ2) is 14.3. The third-order valence-corrected chi connectivity index (χ3v) is 5.41. The van der Waals surface area contributed by atoms with E-state index in [4.69, 9.17) is 15.2 Å². The summed E-state index contributed by atoms with van der Waals surface area (Å²) >= 11 is 0. The van der Waals surface area contributed by atoms with E-state index < -0.39 is 17.9 Å². The highest BCUT2D eigenvalue weighted by Crippen LogP contribution is 2.52. The maximum absolute atomic E-state index is 11.8. The van der Waals surface area contributed by atoms with Crippen molar-refractivity contribution in [2.24, 2.45) is 23.5 Å². The predicted molar refractivity (Wildman–Crippen MR) is 115 cm³/mol. The molecule has 0 saturated heterocycles. The molecule has 11 nitrogen and oxygen atoms in total. The Labute approximate surface area is 187 Å². The lowest BCUT2D eigenvalue weighted by Gasteiger charge is -2.09. The molecular formula is C21H33N5O6. The van der Waals surface area contributed by atoms with Crippen LogP contribution in [0.4, 0.5) is 4.79 Å². The summed E-state index contributed by atoms with van der Waals surface area (Å²) in [4.78, 5) is 45.8. The van der Waals surface area contributed by atoms with E-state index in [1.54, 1.807) is 0 Å². The summed E-state index contributed by atoms with van der Waals surface area (Å²) in [5.74, 6) is 6.74. The molecule has 11 heteroatoms.